The third kappa shape index (κ3) is 55.7. The quantitative estimate of drug-likeness (QED) is 0.0420. The lowest BCUT2D eigenvalue weighted by atomic mass is 10.0. The van der Waals surface area contributed by atoms with E-state index in [2.05, 4.69) is 129 Å². The van der Waals surface area contributed by atoms with E-state index >= 15 is 0 Å². The van der Waals surface area contributed by atoms with E-state index in [-0.39, 0.29) is 12.5 Å². The molecule has 1 amide bonds. The highest BCUT2D eigenvalue weighted by molar-refractivity contribution is 5.76. The zero-order valence-electron chi connectivity index (χ0n) is 46.0. The zero-order valence-corrected chi connectivity index (χ0v) is 46.0. The minimum absolute atomic E-state index is 0.113. The third-order valence-corrected chi connectivity index (χ3v) is 12.9. The Kier molecular flexibility index (Phi) is 57.3. The molecule has 0 heterocycles. The van der Waals surface area contributed by atoms with Gasteiger partial charge in [0.05, 0.1) is 18.8 Å². The van der Waals surface area contributed by atoms with Gasteiger partial charge in [0.25, 0.3) is 0 Å². The first-order valence-electron chi connectivity index (χ1n) is 29.7. The van der Waals surface area contributed by atoms with Crippen LogP contribution >= 0.6 is 0 Å². The van der Waals surface area contributed by atoms with Gasteiger partial charge in [0, 0.05) is 6.42 Å². The summed E-state index contributed by atoms with van der Waals surface area (Å²) in [7, 11) is 0. The Balaban J connectivity index is 3.64. The summed E-state index contributed by atoms with van der Waals surface area (Å²) in [5.74, 6) is -0.113. The van der Waals surface area contributed by atoms with Crippen molar-refractivity contribution in [3.63, 3.8) is 0 Å². The van der Waals surface area contributed by atoms with Crippen LogP contribution < -0.4 is 5.32 Å². The van der Waals surface area contributed by atoms with Gasteiger partial charge in [-0.05, 0) is 103 Å². The predicted molar refractivity (Wildman–Crippen MR) is 312 cm³/mol. The minimum atomic E-state index is -0.896. The van der Waals surface area contributed by atoms with E-state index in [0.29, 0.717) is 6.42 Å². The van der Waals surface area contributed by atoms with Crippen LogP contribution in [-0.4, -0.2) is 34.9 Å². The van der Waals surface area contributed by atoms with Gasteiger partial charge in [0.1, 0.15) is 0 Å². The number of unbranched alkanes of at least 4 members (excludes halogenated alkanes) is 28. The summed E-state index contributed by atoms with van der Waals surface area (Å²) in [5, 5.41) is 23.1. The summed E-state index contributed by atoms with van der Waals surface area (Å²) in [6.45, 7) is 4.17. The maximum atomic E-state index is 12.5. The second-order valence-electron chi connectivity index (χ2n) is 19.7. The molecule has 0 aromatic carbocycles. The van der Waals surface area contributed by atoms with Crippen LogP contribution in [0.15, 0.2) is 122 Å². The van der Waals surface area contributed by atoms with Crippen molar-refractivity contribution in [2.24, 2.45) is 0 Å². The fourth-order valence-electron chi connectivity index (χ4n) is 8.43. The largest absolute Gasteiger partial charge is 0.394 e. The monoisotopic (exact) mass is 968 g/mol. The Bertz CT molecular complexity index is 1380. The zero-order chi connectivity index (χ0) is 50.6. The highest BCUT2D eigenvalue weighted by atomic mass is 16.3. The second kappa shape index (κ2) is 60.1. The standard InChI is InChI=1S/C66H113NO3/c1-3-5-7-9-11-13-15-17-19-21-23-25-27-29-30-31-32-33-34-35-36-38-39-41-43-45-47-49-51-53-55-57-59-61-65(69)64(63-68)67-66(70)62-60-58-56-54-52-50-48-46-44-42-40-37-28-26-24-22-20-18-16-14-12-10-8-6-4-2/h6,8,12,14,18,20,24,26,37,40,43-46,50-53,59,61,64-65,68-69H,3-5,7,9-11,13,15-17,19,21-23,25,27-36,38-39,41-42,47-49,54-58,60,62-63H2,1-2H3,(H,67,70)/b8-6-,14-12-,20-18-,26-24-,40-37-,45-43+,46-44-,52-50-,53-51+,61-59+. The lowest BCUT2D eigenvalue weighted by molar-refractivity contribution is -0.123. The molecule has 0 saturated carbocycles. The third-order valence-electron chi connectivity index (χ3n) is 12.9. The molecule has 0 bridgehead atoms. The number of hydrogen-bond acceptors (Lipinski definition) is 3. The van der Waals surface area contributed by atoms with E-state index in [9.17, 15) is 15.0 Å². The van der Waals surface area contributed by atoms with Gasteiger partial charge in [-0.15, -0.1) is 0 Å². The van der Waals surface area contributed by atoms with Crippen LogP contribution in [0.5, 0.6) is 0 Å². The van der Waals surface area contributed by atoms with E-state index in [1.807, 2.05) is 6.08 Å². The first-order chi connectivity index (χ1) is 34.7. The maximum absolute atomic E-state index is 12.5. The Morgan fingerprint density at radius 2 is 0.643 bits per heavy atom. The van der Waals surface area contributed by atoms with Gasteiger partial charge in [-0.3, -0.25) is 4.79 Å². The molecule has 2 atom stereocenters. The van der Waals surface area contributed by atoms with Crippen molar-refractivity contribution >= 4 is 5.91 Å². The molecule has 400 valence electrons. The molecule has 0 aliphatic rings. The maximum Gasteiger partial charge on any atom is 0.220 e. The van der Waals surface area contributed by atoms with Crippen LogP contribution in [0.2, 0.25) is 0 Å². The van der Waals surface area contributed by atoms with Crippen LogP contribution in [0.25, 0.3) is 0 Å². The Morgan fingerprint density at radius 1 is 0.357 bits per heavy atom. The number of allylic oxidation sites excluding steroid dienone is 19. The fourth-order valence-corrected chi connectivity index (χ4v) is 8.43. The lowest BCUT2D eigenvalue weighted by Gasteiger charge is -2.19. The molecule has 0 aromatic rings. The highest BCUT2D eigenvalue weighted by Gasteiger charge is 2.17. The van der Waals surface area contributed by atoms with Crippen LogP contribution in [-0.2, 0) is 4.79 Å². The van der Waals surface area contributed by atoms with Crippen LogP contribution in [0.1, 0.15) is 271 Å². The van der Waals surface area contributed by atoms with Crippen molar-refractivity contribution in [1.82, 2.24) is 5.32 Å². The molecule has 0 spiro atoms. The van der Waals surface area contributed by atoms with Crippen molar-refractivity contribution in [2.75, 3.05) is 6.61 Å². The van der Waals surface area contributed by atoms with Gasteiger partial charge in [-0.25, -0.2) is 0 Å². The molecule has 70 heavy (non-hydrogen) atoms. The smallest absolute Gasteiger partial charge is 0.220 e. The van der Waals surface area contributed by atoms with Gasteiger partial charge in [-0.2, -0.15) is 0 Å². The summed E-state index contributed by atoms with van der Waals surface area (Å²) >= 11 is 0. The predicted octanol–water partition coefficient (Wildman–Crippen LogP) is 20.0. The molecule has 0 radical (unpaired) electrons. The van der Waals surface area contributed by atoms with Crippen molar-refractivity contribution in [3.05, 3.63) is 122 Å². The first kappa shape index (κ1) is 66.8. The van der Waals surface area contributed by atoms with Crippen LogP contribution in [0.3, 0.4) is 0 Å². The number of aliphatic hydroxyl groups excluding tert-OH is 2. The molecule has 0 aliphatic carbocycles. The van der Waals surface area contributed by atoms with Crippen LogP contribution in [0, 0.1) is 0 Å². The lowest BCUT2D eigenvalue weighted by Crippen LogP contribution is -2.45. The van der Waals surface area contributed by atoms with E-state index < -0.39 is 12.1 Å². The summed E-state index contributed by atoms with van der Waals surface area (Å²) < 4.78 is 0. The molecule has 3 N–H and O–H groups in total. The Labute approximate surface area is 435 Å². The van der Waals surface area contributed by atoms with Gasteiger partial charge in [0.15, 0.2) is 0 Å². The highest BCUT2D eigenvalue weighted by Crippen LogP contribution is 2.16. The first-order valence-corrected chi connectivity index (χ1v) is 29.7. The van der Waals surface area contributed by atoms with Gasteiger partial charge >= 0.3 is 0 Å². The van der Waals surface area contributed by atoms with E-state index in [1.165, 1.54) is 154 Å². The summed E-state index contributed by atoms with van der Waals surface area (Å²) in [6.07, 6.45) is 92.4. The van der Waals surface area contributed by atoms with Gasteiger partial charge in [0.2, 0.25) is 5.91 Å². The number of carbonyl (C=O) groups is 1. The molecule has 0 rings (SSSR count). The van der Waals surface area contributed by atoms with Crippen LogP contribution in [0.4, 0.5) is 0 Å². The molecule has 0 aliphatic heterocycles. The van der Waals surface area contributed by atoms with Gasteiger partial charge in [-0.1, -0.05) is 283 Å². The number of amides is 1. The number of carbonyl (C=O) groups excluding carboxylic acids is 1. The number of nitrogens with one attached hydrogen (secondary N) is 1. The van der Waals surface area contributed by atoms with Gasteiger partial charge < -0.3 is 15.5 Å². The van der Waals surface area contributed by atoms with Crippen molar-refractivity contribution in [3.8, 4) is 0 Å². The second-order valence-corrected chi connectivity index (χ2v) is 19.7. The van der Waals surface area contributed by atoms with Crippen molar-refractivity contribution in [2.45, 2.75) is 283 Å². The number of aliphatic hydroxyl groups is 2. The molecule has 4 heteroatoms. The number of hydrogen-bond donors (Lipinski definition) is 3. The minimum Gasteiger partial charge on any atom is -0.394 e. The van der Waals surface area contributed by atoms with Crippen molar-refractivity contribution < 1.29 is 15.0 Å². The molecule has 0 aromatic heterocycles. The van der Waals surface area contributed by atoms with E-state index in [0.717, 1.165) is 96.3 Å². The summed E-state index contributed by atoms with van der Waals surface area (Å²) in [6, 6.07) is -0.675. The average molecular weight is 969 g/mol. The van der Waals surface area contributed by atoms with E-state index in [1.54, 1.807) is 6.08 Å². The molecule has 2 unspecified atom stereocenters. The molecule has 0 fully saturated rings. The Hall–Kier alpha value is -3.21. The molecule has 0 saturated heterocycles. The summed E-state index contributed by atoms with van der Waals surface area (Å²) in [5.41, 5.74) is 0. The normalized spacial score (nSPS) is 13.7. The van der Waals surface area contributed by atoms with Crippen molar-refractivity contribution in [1.29, 1.82) is 0 Å². The topological polar surface area (TPSA) is 69.6 Å². The summed E-state index contributed by atoms with van der Waals surface area (Å²) in [4.78, 5) is 12.5. The SMILES string of the molecule is CC/C=C\C/C=C\C/C=C\C/C=C\C/C=C\C/C=C\C/C=C\CCCCCC(=O)NC(CO)C(O)/C=C/CC/C=C/CC/C=C/CCCCCCCCCCCCCCCCCCCCCCCCC. The Morgan fingerprint density at radius 3 is 1.00 bits per heavy atom. The molecular weight excluding hydrogens is 855 g/mol. The molecule has 4 nitrogen and oxygen atoms in total. The fraction of sp³-hybridized carbons (Fsp3) is 0.682. The molecular formula is C66H113NO3. The number of rotatable bonds is 53. The average Bonchev–Trinajstić information content (AvgIpc) is 3.36. The van der Waals surface area contributed by atoms with E-state index in [4.69, 9.17) is 0 Å².